The van der Waals surface area contributed by atoms with Crippen LogP contribution in [0.15, 0.2) is 10.6 Å². The number of fused-ring (bicyclic) bond motifs is 1. The van der Waals surface area contributed by atoms with E-state index in [0.29, 0.717) is 25.4 Å². The van der Waals surface area contributed by atoms with Crippen molar-refractivity contribution in [1.82, 2.24) is 10.1 Å². The van der Waals surface area contributed by atoms with Crippen molar-refractivity contribution in [3.63, 3.8) is 0 Å². The van der Waals surface area contributed by atoms with E-state index in [1.165, 1.54) is 0 Å². The molecule has 1 aliphatic carbocycles. The van der Waals surface area contributed by atoms with E-state index in [1.807, 2.05) is 25.7 Å². The molecule has 2 aliphatic rings. The van der Waals surface area contributed by atoms with Gasteiger partial charge in [0.15, 0.2) is 0 Å². The van der Waals surface area contributed by atoms with Crippen LogP contribution in [0.5, 0.6) is 0 Å². The Morgan fingerprint density at radius 3 is 2.76 bits per heavy atom. The highest BCUT2D eigenvalue weighted by molar-refractivity contribution is 5.91. The zero-order valence-corrected chi connectivity index (χ0v) is 15.7. The Kier molecular flexibility index (Phi) is 5.49. The lowest BCUT2D eigenvalue weighted by atomic mass is 9.81. The molecular weight excluding hydrogens is 346 g/mol. The van der Waals surface area contributed by atoms with Gasteiger partial charge < -0.3 is 9.63 Å². The molecule has 2 N–H and O–H groups in total. The molecule has 7 nitrogen and oxygen atoms in total. The third-order valence-corrected chi connectivity index (χ3v) is 5.28. The molecule has 140 valence electrons. The molecule has 25 heavy (non-hydrogen) atoms. The van der Waals surface area contributed by atoms with Crippen LogP contribution in [0.1, 0.15) is 45.7 Å². The van der Waals surface area contributed by atoms with Crippen molar-refractivity contribution < 1.29 is 19.2 Å². The fraction of sp³-hybridized carbons (Fsp3) is 0.706. The zero-order valence-electron chi connectivity index (χ0n) is 14.9. The van der Waals surface area contributed by atoms with Gasteiger partial charge in [-0.05, 0) is 18.8 Å². The van der Waals surface area contributed by atoms with Crippen molar-refractivity contribution in [2.45, 2.75) is 45.4 Å². The molecule has 1 aromatic rings. The minimum atomic E-state index is -0.724. The molecule has 8 heteroatoms. The summed E-state index contributed by atoms with van der Waals surface area (Å²) in [6.07, 6.45) is 2.61. The standard InChI is InChI=1S/C17H25N3O4.ClH/c1-16(2,3)12-7-14(24-19-12)18-13(21)9-20-8-11-5-4-6-17(11,10-20)15(22)23;/h7,11H,4-6,8-10H2,1-3H3,(H,18,21)(H,22,23);1H/t11-,17+;/m0./s1. The summed E-state index contributed by atoms with van der Waals surface area (Å²) in [5.74, 6) is -0.442. The monoisotopic (exact) mass is 371 g/mol. The highest BCUT2D eigenvalue weighted by atomic mass is 35.5. The second-order valence-corrected chi connectivity index (χ2v) is 8.09. The Morgan fingerprint density at radius 1 is 1.48 bits per heavy atom. The Bertz CT molecular complexity index is 655. The van der Waals surface area contributed by atoms with Gasteiger partial charge in [0.05, 0.1) is 17.7 Å². The van der Waals surface area contributed by atoms with E-state index in [2.05, 4.69) is 10.5 Å². The highest BCUT2D eigenvalue weighted by Crippen LogP contribution is 2.48. The maximum absolute atomic E-state index is 12.2. The Labute approximate surface area is 153 Å². The van der Waals surface area contributed by atoms with Crippen LogP contribution in [0.2, 0.25) is 0 Å². The number of likely N-dealkylation sites (tertiary alicyclic amines) is 1. The fourth-order valence-electron chi connectivity index (χ4n) is 3.93. The molecule has 2 fully saturated rings. The lowest BCUT2D eigenvalue weighted by Gasteiger charge is -2.23. The Hall–Kier alpha value is -1.60. The first kappa shape index (κ1) is 19.7. The molecule has 0 radical (unpaired) electrons. The molecule has 0 aromatic carbocycles. The van der Waals surface area contributed by atoms with E-state index in [9.17, 15) is 14.7 Å². The minimum absolute atomic E-state index is 0. The van der Waals surface area contributed by atoms with E-state index in [1.54, 1.807) is 6.07 Å². The summed E-state index contributed by atoms with van der Waals surface area (Å²) in [7, 11) is 0. The number of halogens is 1. The van der Waals surface area contributed by atoms with E-state index >= 15 is 0 Å². The molecule has 1 amide bonds. The van der Waals surface area contributed by atoms with Gasteiger partial charge in [-0.15, -0.1) is 12.4 Å². The molecule has 1 aliphatic heterocycles. The zero-order chi connectivity index (χ0) is 17.5. The van der Waals surface area contributed by atoms with E-state index in [0.717, 1.165) is 18.5 Å². The number of carboxylic acid groups (broad SMARTS) is 1. The lowest BCUT2D eigenvalue weighted by Crippen LogP contribution is -2.37. The summed E-state index contributed by atoms with van der Waals surface area (Å²) in [6.45, 7) is 7.35. The number of amides is 1. The summed E-state index contributed by atoms with van der Waals surface area (Å²) < 4.78 is 5.16. The van der Waals surface area contributed by atoms with Crippen LogP contribution < -0.4 is 5.32 Å². The summed E-state index contributed by atoms with van der Waals surface area (Å²) in [5.41, 5.74) is -0.0306. The normalized spacial score (nSPS) is 26.1. The molecule has 1 saturated heterocycles. The minimum Gasteiger partial charge on any atom is -0.481 e. The smallest absolute Gasteiger partial charge is 0.311 e. The van der Waals surface area contributed by atoms with Crippen LogP contribution in [-0.4, -0.2) is 46.7 Å². The van der Waals surface area contributed by atoms with Gasteiger partial charge in [0.1, 0.15) is 0 Å². The summed E-state index contributed by atoms with van der Waals surface area (Å²) >= 11 is 0. The first-order valence-corrected chi connectivity index (χ1v) is 8.43. The summed E-state index contributed by atoms with van der Waals surface area (Å²) in [5, 5.41) is 16.3. The number of rotatable bonds is 4. The number of nitrogens with one attached hydrogen (secondary N) is 1. The lowest BCUT2D eigenvalue weighted by molar-refractivity contribution is -0.149. The highest BCUT2D eigenvalue weighted by Gasteiger charge is 2.54. The molecule has 2 heterocycles. The number of nitrogens with zero attached hydrogens (tertiary/aromatic N) is 2. The van der Waals surface area contributed by atoms with Gasteiger partial charge in [0, 0.05) is 24.6 Å². The third-order valence-electron chi connectivity index (χ3n) is 5.28. The molecule has 0 bridgehead atoms. The number of hydrogen-bond donors (Lipinski definition) is 2. The van der Waals surface area contributed by atoms with Crippen molar-refractivity contribution in [3.05, 3.63) is 11.8 Å². The van der Waals surface area contributed by atoms with Crippen molar-refractivity contribution in [1.29, 1.82) is 0 Å². The molecule has 3 rings (SSSR count). The van der Waals surface area contributed by atoms with Crippen LogP contribution in [-0.2, 0) is 15.0 Å². The van der Waals surface area contributed by atoms with Gasteiger partial charge in [-0.25, -0.2) is 0 Å². The predicted octanol–water partition coefficient (Wildman–Crippen LogP) is 2.52. The van der Waals surface area contributed by atoms with Gasteiger partial charge in [0.25, 0.3) is 0 Å². The second-order valence-electron chi connectivity index (χ2n) is 8.09. The maximum atomic E-state index is 12.2. The molecule has 2 atom stereocenters. The number of aromatic nitrogens is 1. The van der Waals surface area contributed by atoms with Gasteiger partial charge in [-0.3, -0.25) is 19.8 Å². The molecule has 0 unspecified atom stereocenters. The predicted molar refractivity (Wildman–Crippen MR) is 94.9 cm³/mol. The largest absolute Gasteiger partial charge is 0.481 e. The van der Waals surface area contributed by atoms with Crippen LogP contribution >= 0.6 is 12.4 Å². The van der Waals surface area contributed by atoms with Crippen molar-refractivity contribution >= 4 is 30.2 Å². The number of aliphatic carboxylic acids is 1. The number of carbonyl (C=O) groups excluding carboxylic acids is 1. The molecule has 1 saturated carbocycles. The van der Waals surface area contributed by atoms with Gasteiger partial charge in [-0.1, -0.05) is 32.3 Å². The number of anilines is 1. The second kappa shape index (κ2) is 6.96. The van der Waals surface area contributed by atoms with Gasteiger partial charge in [0.2, 0.25) is 11.8 Å². The molecule has 1 aromatic heterocycles. The average molecular weight is 372 g/mol. The van der Waals surface area contributed by atoms with Crippen molar-refractivity contribution in [2.75, 3.05) is 25.0 Å². The van der Waals surface area contributed by atoms with Crippen LogP contribution in [0, 0.1) is 11.3 Å². The van der Waals surface area contributed by atoms with Gasteiger partial charge in [-0.2, -0.15) is 0 Å². The summed E-state index contributed by atoms with van der Waals surface area (Å²) in [6, 6.07) is 1.73. The average Bonchev–Trinajstić information content (AvgIpc) is 3.11. The number of hydrogen-bond acceptors (Lipinski definition) is 5. The maximum Gasteiger partial charge on any atom is 0.311 e. The van der Waals surface area contributed by atoms with Crippen LogP contribution in [0.25, 0.3) is 0 Å². The van der Waals surface area contributed by atoms with Crippen LogP contribution in [0.4, 0.5) is 5.88 Å². The molecular formula is C17H26ClN3O4. The fourth-order valence-corrected chi connectivity index (χ4v) is 3.93. The van der Waals surface area contributed by atoms with Crippen molar-refractivity contribution in [3.8, 4) is 0 Å². The van der Waals surface area contributed by atoms with E-state index < -0.39 is 11.4 Å². The molecule has 0 spiro atoms. The quantitative estimate of drug-likeness (QED) is 0.844. The first-order chi connectivity index (χ1) is 11.2. The third kappa shape index (κ3) is 3.82. The van der Waals surface area contributed by atoms with Crippen molar-refractivity contribution in [2.24, 2.45) is 11.3 Å². The number of carbonyl (C=O) groups is 2. The van der Waals surface area contributed by atoms with E-state index in [-0.39, 0.29) is 36.2 Å². The Morgan fingerprint density at radius 2 is 2.20 bits per heavy atom. The SMILES string of the molecule is CC(C)(C)c1cc(NC(=O)CN2C[C@@H]3CCC[C@@]3(C(=O)O)C2)on1.Cl. The van der Waals surface area contributed by atoms with Crippen LogP contribution in [0.3, 0.4) is 0 Å². The first-order valence-electron chi connectivity index (χ1n) is 8.43. The summed E-state index contributed by atoms with van der Waals surface area (Å²) in [4.78, 5) is 25.8. The van der Waals surface area contributed by atoms with E-state index in [4.69, 9.17) is 4.52 Å². The topological polar surface area (TPSA) is 95.7 Å². The van der Waals surface area contributed by atoms with Gasteiger partial charge >= 0.3 is 5.97 Å². The Balaban J connectivity index is 0.00000225. The number of carboxylic acids is 1.